The zero-order valence-electron chi connectivity index (χ0n) is 28.1. The van der Waals surface area contributed by atoms with Gasteiger partial charge in [-0.25, -0.2) is 15.0 Å². The molecule has 0 aliphatic heterocycles. The van der Waals surface area contributed by atoms with Gasteiger partial charge in [-0.1, -0.05) is 170 Å². The van der Waals surface area contributed by atoms with E-state index in [-0.39, 0.29) is 0 Å². The molecule has 0 radical (unpaired) electrons. The van der Waals surface area contributed by atoms with Crippen LogP contribution in [0.5, 0.6) is 0 Å². The largest absolute Gasteiger partial charge is 0.208 e. The zero-order chi connectivity index (χ0) is 34.9. The molecule has 0 bridgehead atoms. The van der Waals surface area contributed by atoms with Gasteiger partial charge in [-0.05, 0) is 67.1 Å². The molecule has 0 aliphatic rings. The predicted octanol–water partition coefficient (Wildman–Crippen LogP) is 12.1. The van der Waals surface area contributed by atoms with Crippen molar-refractivity contribution in [3.05, 3.63) is 188 Å². The third kappa shape index (κ3) is 5.67. The Morgan fingerprint density at radius 3 is 1.13 bits per heavy atom. The fourth-order valence-electron chi connectivity index (χ4n) is 7.05. The second kappa shape index (κ2) is 13.2. The van der Waals surface area contributed by atoms with Crippen LogP contribution in [0.4, 0.5) is 0 Å². The molecule has 9 rings (SSSR count). The Morgan fingerprint density at radius 1 is 0.327 bits per heavy atom. The van der Waals surface area contributed by atoms with E-state index < -0.39 is 0 Å². The quantitative estimate of drug-likeness (QED) is 0.178. The van der Waals surface area contributed by atoms with Crippen LogP contribution in [0.1, 0.15) is 5.56 Å². The van der Waals surface area contributed by atoms with Gasteiger partial charge in [0.05, 0.1) is 11.6 Å². The summed E-state index contributed by atoms with van der Waals surface area (Å²) in [6.45, 7) is 0. The number of nitriles is 1. The fourth-order valence-corrected chi connectivity index (χ4v) is 7.05. The summed E-state index contributed by atoms with van der Waals surface area (Å²) in [5.41, 5.74) is 10.1. The molecule has 1 heterocycles. The van der Waals surface area contributed by atoms with Crippen molar-refractivity contribution in [2.75, 3.05) is 0 Å². The molecule has 0 atom stereocenters. The van der Waals surface area contributed by atoms with Crippen LogP contribution in [0.2, 0.25) is 0 Å². The van der Waals surface area contributed by atoms with Gasteiger partial charge in [-0.15, -0.1) is 0 Å². The lowest BCUT2D eigenvalue weighted by molar-refractivity contribution is 1.07. The monoisotopic (exact) mass is 662 g/mol. The van der Waals surface area contributed by atoms with Crippen LogP contribution < -0.4 is 0 Å². The highest BCUT2D eigenvalue weighted by atomic mass is 15.0. The van der Waals surface area contributed by atoms with Gasteiger partial charge in [0.25, 0.3) is 0 Å². The van der Waals surface area contributed by atoms with E-state index in [0.717, 1.165) is 55.5 Å². The van der Waals surface area contributed by atoms with E-state index in [1.807, 2.05) is 72.8 Å². The number of nitrogens with zero attached hydrogens (tertiary/aromatic N) is 4. The predicted molar refractivity (Wildman–Crippen MR) is 212 cm³/mol. The van der Waals surface area contributed by atoms with Gasteiger partial charge in [-0.3, -0.25) is 0 Å². The van der Waals surface area contributed by atoms with E-state index in [1.165, 1.54) is 16.2 Å². The van der Waals surface area contributed by atoms with Crippen LogP contribution in [0, 0.1) is 11.3 Å². The summed E-state index contributed by atoms with van der Waals surface area (Å²) >= 11 is 0. The van der Waals surface area contributed by atoms with Crippen LogP contribution in [0.15, 0.2) is 182 Å². The summed E-state index contributed by atoms with van der Waals surface area (Å²) in [7, 11) is 0. The third-order valence-corrected chi connectivity index (χ3v) is 9.58. The zero-order valence-corrected chi connectivity index (χ0v) is 28.1. The third-order valence-electron chi connectivity index (χ3n) is 9.58. The maximum Gasteiger partial charge on any atom is 0.164 e. The Hall–Kier alpha value is -7.22. The lowest BCUT2D eigenvalue weighted by Gasteiger charge is -2.19. The average molecular weight is 663 g/mol. The maximum atomic E-state index is 9.53. The van der Waals surface area contributed by atoms with Crippen molar-refractivity contribution in [3.8, 4) is 73.6 Å². The number of aromatic nitrogens is 3. The maximum absolute atomic E-state index is 9.53. The molecule has 9 aromatic rings. The van der Waals surface area contributed by atoms with Crippen LogP contribution >= 0.6 is 0 Å². The molecule has 8 aromatic carbocycles. The number of fused-ring (bicyclic) bond motifs is 2. The molecular weight excluding hydrogens is 633 g/mol. The van der Waals surface area contributed by atoms with Gasteiger partial charge in [0.2, 0.25) is 0 Å². The van der Waals surface area contributed by atoms with Gasteiger partial charge >= 0.3 is 0 Å². The van der Waals surface area contributed by atoms with E-state index in [4.69, 9.17) is 15.0 Å². The minimum absolute atomic E-state index is 0.620. The SMILES string of the molecule is N#Cc1ccc(-c2c(-c3ccc4ccccc4c3-c3ccc(-c4nc(-c5ccccc5)nc(-c5ccccc5)n4)cc3)ccc3ccccc23)cc1. The molecule has 242 valence electrons. The summed E-state index contributed by atoms with van der Waals surface area (Å²) in [6.07, 6.45) is 0. The Bertz CT molecular complexity index is 2710. The number of hydrogen-bond acceptors (Lipinski definition) is 4. The first kappa shape index (κ1) is 30.8. The van der Waals surface area contributed by atoms with Gasteiger partial charge in [0.15, 0.2) is 17.5 Å². The molecule has 4 nitrogen and oxygen atoms in total. The molecule has 0 amide bonds. The van der Waals surface area contributed by atoms with Gasteiger partial charge in [0.1, 0.15) is 0 Å². The summed E-state index contributed by atoms with van der Waals surface area (Å²) in [6, 6.07) is 64.8. The van der Waals surface area contributed by atoms with Crippen molar-refractivity contribution in [2.24, 2.45) is 0 Å². The second-order valence-electron chi connectivity index (χ2n) is 12.7. The Morgan fingerprint density at radius 2 is 0.692 bits per heavy atom. The number of hydrogen-bond donors (Lipinski definition) is 0. The van der Waals surface area contributed by atoms with Gasteiger partial charge in [0, 0.05) is 16.7 Å². The van der Waals surface area contributed by atoms with E-state index in [0.29, 0.717) is 23.0 Å². The molecule has 0 saturated heterocycles. The van der Waals surface area contributed by atoms with Crippen molar-refractivity contribution in [2.45, 2.75) is 0 Å². The first-order valence-electron chi connectivity index (χ1n) is 17.3. The van der Waals surface area contributed by atoms with Crippen molar-refractivity contribution in [3.63, 3.8) is 0 Å². The Kier molecular flexibility index (Phi) is 7.85. The number of rotatable bonds is 6. The first-order chi connectivity index (χ1) is 25.7. The highest BCUT2D eigenvalue weighted by Gasteiger charge is 2.19. The van der Waals surface area contributed by atoms with Crippen molar-refractivity contribution < 1.29 is 0 Å². The fraction of sp³-hybridized carbons (Fsp3) is 0. The lowest BCUT2D eigenvalue weighted by Crippen LogP contribution is -2.00. The van der Waals surface area contributed by atoms with Crippen molar-refractivity contribution in [1.29, 1.82) is 5.26 Å². The molecule has 0 fully saturated rings. The van der Waals surface area contributed by atoms with Crippen molar-refractivity contribution >= 4 is 21.5 Å². The van der Waals surface area contributed by atoms with Crippen LogP contribution in [-0.2, 0) is 0 Å². The molecule has 52 heavy (non-hydrogen) atoms. The molecule has 0 N–H and O–H groups in total. The average Bonchev–Trinajstić information content (AvgIpc) is 3.23. The molecule has 1 aromatic heterocycles. The lowest BCUT2D eigenvalue weighted by atomic mass is 9.84. The molecule has 4 heteroatoms. The highest BCUT2D eigenvalue weighted by molar-refractivity contribution is 6.10. The van der Waals surface area contributed by atoms with Crippen molar-refractivity contribution in [1.82, 2.24) is 15.0 Å². The normalized spacial score (nSPS) is 11.1. The topological polar surface area (TPSA) is 62.5 Å². The van der Waals surface area contributed by atoms with E-state index in [9.17, 15) is 5.26 Å². The molecule has 0 saturated carbocycles. The smallest absolute Gasteiger partial charge is 0.164 e. The summed E-state index contributed by atoms with van der Waals surface area (Å²) in [4.78, 5) is 14.8. The van der Waals surface area contributed by atoms with E-state index >= 15 is 0 Å². The standard InChI is InChI=1S/C48H30N4/c49-31-32-19-21-35(22-20-32)44-40-17-9-7-11-33(40)27-29-42(44)43-30-28-34-12-8-10-18-41(34)45(43)36-23-25-39(26-24-36)48-51-46(37-13-3-1-4-14-37)50-47(52-48)38-15-5-2-6-16-38/h1-30H. The molecule has 0 spiro atoms. The van der Waals surface area contributed by atoms with Gasteiger partial charge < -0.3 is 0 Å². The van der Waals surface area contributed by atoms with Crippen LogP contribution in [0.25, 0.3) is 89.1 Å². The summed E-state index contributed by atoms with van der Waals surface area (Å²) in [5.74, 6) is 1.89. The second-order valence-corrected chi connectivity index (χ2v) is 12.7. The van der Waals surface area contributed by atoms with E-state index in [2.05, 4.69) is 115 Å². The van der Waals surface area contributed by atoms with Gasteiger partial charge in [-0.2, -0.15) is 5.26 Å². The summed E-state index contributed by atoms with van der Waals surface area (Å²) < 4.78 is 0. The molecule has 0 aliphatic carbocycles. The van der Waals surface area contributed by atoms with E-state index in [1.54, 1.807) is 0 Å². The summed E-state index contributed by atoms with van der Waals surface area (Å²) in [5, 5.41) is 14.2. The first-order valence-corrected chi connectivity index (χ1v) is 17.3. The Labute approximate surface area is 302 Å². The minimum atomic E-state index is 0.620. The molecular formula is C48H30N4. The Balaban J connectivity index is 1.22. The molecule has 0 unspecified atom stereocenters. The van der Waals surface area contributed by atoms with Crippen LogP contribution in [-0.4, -0.2) is 15.0 Å². The number of benzene rings is 8. The highest BCUT2D eigenvalue weighted by Crippen LogP contribution is 2.45. The van der Waals surface area contributed by atoms with Crippen LogP contribution in [0.3, 0.4) is 0 Å². The minimum Gasteiger partial charge on any atom is -0.208 e.